The molecule has 0 aliphatic heterocycles. The van der Waals surface area contributed by atoms with Crippen LogP contribution in [0.2, 0.25) is 0 Å². The van der Waals surface area contributed by atoms with Crippen LogP contribution in [-0.4, -0.2) is 11.4 Å². The van der Waals surface area contributed by atoms with Crippen molar-refractivity contribution in [1.82, 2.24) is 5.32 Å². The molecule has 0 radical (unpaired) electrons. The van der Waals surface area contributed by atoms with Gasteiger partial charge in [0.2, 0.25) is 5.91 Å². The molecule has 0 aliphatic carbocycles. The lowest BCUT2D eigenvalue weighted by Crippen LogP contribution is -2.41. The molecule has 0 aromatic heterocycles. The van der Waals surface area contributed by atoms with Gasteiger partial charge in [-0.25, -0.2) is 0 Å². The molecule has 3 nitrogen and oxygen atoms in total. The van der Waals surface area contributed by atoms with Gasteiger partial charge >= 0.3 is 0 Å². The number of nitrogens with two attached hydrogens (primary N) is 1. The van der Waals surface area contributed by atoms with Crippen molar-refractivity contribution >= 4 is 5.91 Å². The van der Waals surface area contributed by atoms with Crippen LogP contribution in [0.5, 0.6) is 0 Å². The Morgan fingerprint density at radius 1 is 1.11 bits per heavy atom. The molecular formula is C16H26N2O. The molecule has 0 saturated heterocycles. The van der Waals surface area contributed by atoms with Gasteiger partial charge in [0, 0.05) is 17.6 Å². The van der Waals surface area contributed by atoms with Gasteiger partial charge in [0.1, 0.15) is 0 Å². The van der Waals surface area contributed by atoms with Crippen LogP contribution in [0.15, 0.2) is 24.3 Å². The molecule has 0 aliphatic rings. The standard InChI is InChI=1S/C16H26N2O/c1-15(2,3)11-16(4,5)18-10-12-6-8-13(9-7-12)14(17)19/h6-9,18H,10-11H2,1-5H3,(H2,17,19). The molecule has 0 spiro atoms. The molecule has 19 heavy (non-hydrogen) atoms. The third kappa shape index (κ3) is 5.88. The summed E-state index contributed by atoms with van der Waals surface area (Å²) >= 11 is 0. The van der Waals surface area contributed by atoms with Crippen LogP contribution in [0.3, 0.4) is 0 Å². The number of carbonyl (C=O) groups excluding carboxylic acids is 1. The Balaban J connectivity index is 2.59. The van der Waals surface area contributed by atoms with Crippen molar-refractivity contribution in [1.29, 1.82) is 0 Å². The first-order valence-electron chi connectivity index (χ1n) is 6.73. The number of hydrogen-bond donors (Lipinski definition) is 2. The Morgan fingerprint density at radius 3 is 2.05 bits per heavy atom. The summed E-state index contributed by atoms with van der Waals surface area (Å²) in [6.07, 6.45) is 1.10. The van der Waals surface area contributed by atoms with Crippen LogP contribution >= 0.6 is 0 Å². The highest BCUT2D eigenvalue weighted by atomic mass is 16.1. The molecule has 3 heteroatoms. The topological polar surface area (TPSA) is 55.1 Å². The van der Waals surface area contributed by atoms with Gasteiger partial charge in [0.05, 0.1) is 0 Å². The molecule has 1 aromatic carbocycles. The average molecular weight is 262 g/mol. The van der Waals surface area contributed by atoms with Gasteiger partial charge in [-0.3, -0.25) is 4.79 Å². The van der Waals surface area contributed by atoms with E-state index < -0.39 is 0 Å². The van der Waals surface area contributed by atoms with Crippen LogP contribution in [0, 0.1) is 5.41 Å². The SMILES string of the molecule is CC(C)(C)CC(C)(C)NCc1ccc(C(N)=O)cc1. The predicted molar refractivity (Wildman–Crippen MR) is 80.0 cm³/mol. The summed E-state index contributed by atoms with van der Waals surface area (Å²) < 4.78 is 0. The lowest BCUT2D eigenvalue weighted by atomic mass is 9.82. The molecule has 0 heterocycles. The van der Waals surface area contributed by atoms with E-state index in [4.69, 9.17) is 5.73 Å². The average Bonchev–Trinajstić information content (AvgIpc) is 2.24. The lowest BCUT2D eigenvalue weighted by Gasteiger charge is -2.33. The molecular weight excluding hydrogens is 236 g/mol. The summed E-state index contributed by atoms with van der Waals surface area (Å²) in [5.74, 6) is -0.382. The second kappa shape index (κ2) is 5.74. The van der Waals surface area contributed by atoms with Gasteiger partial charge in [0.25, 0.3) is 0 Å². The Morgan fingerprint density at radius 2 is 1.63 bits per heavy atom. The fourth-order valence-corrected chi connectivity index (χ4v) is 2.52. The summed E-state index contributed by atoms with van der Waals surface area (Å²) in [5.41, 5.74) is 7.32. The molecule has 0 atom stereocenters. The van der Waals surface area contributed by atoms with Gasteiger partial charge in [-0.1, -0.05) is 32.9 Å². The van der Waals surface area contributed by atoms with Gasteiger partial charge in [-0.2, -0.15) is 0 Å². The Kier molecular flexibility index (Phi) is 4.75. The van der Waals surface area contributed by atoms with Crippen molar-refractivity contribution < 1.29 is 4.79 Å². The highest BCUT2D eigenvalue weighted by molar-refractivity contribution is 5.92. The minimum atomic E-state index is -0.382. The molecule has 1 rings (SSSR count). The highest BCUT2D eigenvalue weighted by Gasteiger charge is 2.24. The van der Waals surface area contributed by atoms with Crippen LogP contribution in [-0.2, 0) is 6.54 Å². The molecule has 0 fully saturated rings. The fourth-order valence-electron chi connectivity index (χ4n) is 2.52. The molecule has 3 N–H and O–H groups in total. The maximum absolute atomic E-state index is 11.0. The first-order valence-corrected chi connectivity index (χ1v) is 6.73. The van der Waals surface area contributed by atoms with Crippen molar-refractivity contribution in [2.24, 2.45) is 11.1 Å². The normalized spacial score (nSPS) is 12.5. The zero-order chi connectivity index (χ0) is 14.7. The smallest absolute Gasteiger partial charge is 0.248 e. The number of benzene rings is 1. The predicted octanol–water partition coefficient (Wildman–Crippen LogP) is 3.09. The number of primary amides is 1. The van der Waals surface area contributed by atoms with Gasteiger partial charge in [-0.15, -0.1) is 0 Å². The number of carbonyl (C=O) groups is 1. The highest BCUT2D eigenvalue weighted by Crippen LogP contribution is 2.27. The van der Waals surface area contributed by atoms with Gasteiger partial charge in [0.15, 0.2) is 0 Å². The summed E-state index contributed by atoms with van der Waals surface area (Å²) in [4.78, 5) is 11.0. The second-order valence-corrected chi connectivity index (χ2v) is 7.04. The maximum atomic E-state index is 11.0. The minimum Gasteiger partial charge on any atom is -0.366 e. The van der Waals surface area contributed by atoms with E-state index in [1.165, 1.54) is 0 Å². The second-order valence-electron chi connectivity index (χ2n) is 7.04. The summed E-state index contributed by atoms with van der Waals surface area (Å²) in [6, 6.07) is 7.44. The van der Waals surface area contributed by atoms with Crippen molar-refractivity contribution in [2.45, 2.75) is 53.1 Å². The Labute approximate surface area is 116 Å². The third-order valence-electron chi connectivity index (χ3n) is 2.98. The van der Waals surface area contributed by atoms with Crippen LogP contribution in [0.1, 0.15) is 57.0 Å². The minimum absolute atomic E-state index is 0.0839. The monoisotopic (exact) mass is 262 g/mol. The molecule has 0 bridgehead atoms. The number of hydrogen-bond acceptors (Lipinski definition) is 2. The molecule has 0 saturated carbocycles. The molecule has 106 valence electrons. The largest absolute Gasteiger partial charge is 0.366 e. The number of nitrogens with one attached hydrogen (secondary N) is 1. The Hall–Kier alpha value is -1.35. The fraction of sp³-hybridized carbons (Fsp3) is 0.562. The maximum Gasteiger partial charge on any atom is 0.248 e. The zero-order valence-corrected chi connectivity index (χ0v) is 12.7. The van der Waals surface area contributed by atoms with E-state index in [1.54, 1.807) is 12.1 Å². The third-order valence-corrected chi connectivity index (χ3v) is 2.98. The molecule has 0 unspecified atom stereocenters. The van der Waals surface area contributed by atoms with Gasteiger partial charge < -0.3 is 11.1 Å². The number of amides is 1. The van der Waals surface area contributed by atoms with E-state index >= 15 is 0 Å². The zero-order valence-electron chi connectivity index (χ0n) is 12.7. The van der Waals surface area contributed by atoms with Crippen LogP contribution < -0.4 is 11.1 Å². The van der Waals surface area contributed by atoms with E-state index in [2.05, 4.69) is 39.9 Å². The van der Waals surface area contributed by atoms with Crippen LogP contribution in [0.4, 0.5) is 0 Å². The molecule has 1 amide bonds. The van der Waals surface area contributed by atoms with E-state index in [0.717, 1.165) is 18.5 Å². The lowest BCUT2D eigenvalue weighted by molar-refractivity contribution is 0.1000. The van der Waals surface area contributed by atoms with Crippen molar-refractivity contribution in [2.75, 3.05) is 0 Å². The van der Waals surface area contributed by atoms with E-state index in [1.807, 2.05) is 12.1 Å². The van der Waals surface area contributed by atoms with Gasteiger partial charge in [-0.05, 0) is 43.4 Å². The van der Waals surface area contributed by atoms with Crippen LogP contribution in [0.25, 0.3) is 0 Å². The summed E-state index contributed by atoms with van der Waals surface area (Å²) in [7, 11) is 0. The number of rotatable bonds is 5. The quantitative estimate of drug-likeness (QED) is 0.856. The van der Waals surface area contributed by atoms with E-state index in [-0.39, 0.29) is 11.4 Å². The summed E-state index contributed by atoms with van der Waals surface area (Å²) in [6.45, 7) is 12.0. The first-order chi connectivity index (χ1) is 8.59. The van der Waals surface area contributed by atoms with Crippen molar-refractivity contribution in [3.63, 3.8) is 0 Å². The Bertz CT molecular complexity index is 427. The summed E-state index contributed by atoms with van der Waals surface area (Å²) in [5, 5.41) is 3.56. The van der Waals surface area contributed by atoms with Crippen molar-refractivity contribution in [3.8, 4) is 0 Å². The van der Waals surface area contributed by atoms with E-state index in [0.29, 0.717) is 11.0 Å². The first kappa shape index (κ1) is 15.7. The van der Waals surface area contributed by atoms with E-state index in [9.17, 15) is 4.79 Å². The molecule has 1 aromatic rings. The van der Waals surface area contributed by atoms with Crippen molar-refractivity contribution in [3.05, 3.63) is 35.4 Å².